The van der Waals surface area contributed by atoms with Crippen LogP contribution >= 0.6 is 0 Å². The molecular weight excluding hydrogens is 430 g/mol. The van der Waals surface area contributed by atoms with Crippen molar-refractivity contribution in [2.75, 3.05) is 6.61 Å². The SMILES string of the molecule is Cc1ccnc(C(=O)NC2(c3ccc(OC(F)(F)F)c(F)c3)CCOc3cccnc32)c1. The highest BCUT2D eigenvalue weighted by Crippen LogP contribution is 2.42. The van der Waals surface area contributed by atoms with Crippen molar-refractivity contribution in [1.29, 1.82) is 0 Å². The van der Waals surface area contributed by atoms with Gasteiger partial charge in [0.05, 0.1) is 6.61 Å². The van der Waals surface area contributed by atoms with Crippen LogP contribution in [0.3, 0.4) is 0 Å². The normalized spacial score (nSPS) is 17.8. The summed E-state index contributed by atoms with van der Waals surface area (Å²) in [5, 5.41) is 2.87. The molecule has 0 saturated carbocycles. The minimum absolute atomic E-state index is 0.130. The molecule has 0 radical (unpaired) electrons. The number of benzene rings is 1. The van der Waals surface area contributed by atoms with Crippen molar-refractivity contribution in [2.45, 2.75) is 25.2 Å². The van der Waals surface area contributed by atoms with E-state index in [0.29, 0.717) is 11.4 Å². The minimum atomic E-state index is -5.04. The molecule has 0 aliphatic carbocycles. The summed E-state index contributed by atoms with van der Waals surface area (Å²) >= 11 is 0. The van der Waals surface area contributed by atoms with Crippen molar-refractivity contribution >= 4 is 5.91 Å². The van der Waals surface area contributed by atoms with Crippen LogP contribution in [0.5, 0.6) is 11.5 Å². The number of halogens is 4. The van der Waals surface area contributed by atoms with Gasteiger partial charge >= 0.3 is 6.36 Å². The Morgan fingerprint density at radius 1 is 1.16 bits per heavy atom. The van der Waals surface area contributed by atoms with Gasteiger partial charge in [-0.2, -0.15) is 0 Å². The Kier molecular flexibility index (Phi) is 5.45. The zero-order valence-corrected chi connectivity index (χ0v) is 16.7. The summed E-state index contributed by atoms with van der Waals surface area (Å²) in [4.78, 5) is 21.5. The Hall–Kier alpha value is -3.69. The van der Waals surface area contributed by atoms with Gasteiger partial charge in [-0.15, -0.1) is 13.2 Å². The van der Waals surface area contributed by atoms with Crippen LogP contribution in [0.15, 0.2) is 54.9 Å². The summed E-state index contributed by atoms with van der Waals surface area (Å²) in [7, 11) is 0. The van der Waals surface area contributed by atoms with E-state index in [-0.39, 0.29) is 24.3 Å². The fraction of sp³-hybridized carbons (Fsp3) is 0.227. The average Bonchev–Trinajstić information content (AvgIpc) is 2.74. The van der Waals surface area contributed by atoms with Crippen LogP contribution in [0.25, 0.3) is 0 Å². The number of aryl methyl sites for hydroxylation is 1. The number of amides is 1. The van der Waals surface area contributed by atoms with Crippen LogP contribution in [0, 0.1) is 12.7 Å². The molecule has 1 aliphatic heterocycles. The van der Waals surface area contributed by atoms with Crippen molar-refractivity contribution in [1.82, 2.24) is 15.3 Å². The monoisotopic (exact) mass is 447 g/mol. The Labute approximate surface area is 180 Å². The lowest BCUT2D eigenvalue weighted by Crippen LogP contribution is -2.50. The first-order chi connectivity index (χ1) is 15.2. The van der Waals surface area contributed by atoms with Gasteiger partial charge < -0.3 is 14.8 Å². The highest BCUT2D eigenvalue weighted by molar-refractivity contribution is 5.93. The van der Waals surface area contributed by atoms with Crippen LogP contribution < -0.4 is 14.8 Å². The number of carbonyl (C=O) groups excluding carboxylic acids is 1. The molecule has 3 aromatic rings. The van der Waals surface area contributed by atoms with E-state index in [4.69, 9.17) is 4.74 Å². The second-order valence-electron chi connectivity index (χ2n) is 7.22. The average molecular weight is 447 g/mol. The van der Waals surface area contributed by atoms with E-state index in [2.05, 4.69) is 20.0 Å². The first kappa shape index (κ1) is 21.5. The summed E-state index contributed by atoms with van der Waals surface area (Å²) in [6.07, 6.45) is -1.92. The van der Waals surface area contributed by atoms with E-state index in [0.717, 1.165) is 17.7 Å². The zero-order valence-electron chi connectivity index (χ0n) is 16.7. The summed E-state index contributed by atoms with van der Waals surface area (Å²) < 4.78 is 61.6. The van der Waals surface area contributed by atoms with Crippen LogP contribution in [-0.2, 0) is 5.54 Å². The Morgan fingerprint density at radius 2 is 1.97 bits per heavy atom. The quantitative estimate of drug-likeness (QED) is 0.605. The van der Waals surface area contributed by atoms with Crippen LogP contribution in [-0.4, -0.2) is 28.8 Å². The second-order valence-corrected chi connectivity index (χ2v) is 7.22. The van der Waals surface area contributed by atoms with Gasteiger partial charge in [-0.05, 0) is 54.4 Å². The van der Waals surface area contributed by atoms with Crippen molar-refractivity contribution < 1.29 is 31.8 Å². The minimum Gasteiger partial charge on any atom is -0.491 e. The number of rotatable bonds is 4. The first-order valence-electron chi connectivity index (χ1n) is 9.57. The molecule has 0 saturated heterocycles. The molecule has 2 aromatic heterocycles. The zero-order chi connectivity index (χ0) is 22.9. The number of hydrogen-bond acceptors (Lipinski definition) is 5. The summed E-state index contributed by atoms with van der Waals surface area (Å²) in [5.74, 6) is -2.39. The molecule has 32 heavy (non-hydrogen) atoms. The Balaban J connectivity index is 1.81. The molecule has 1 aromatic carbocycles. The van der Waals surface area contributed by atoms with Gasteiger partial charge in [0.15, 0.2) is 11.6 Å². The molecule has 0 fully saturated rings. The van der Waals surface area contributed by atoms with Gasteiger partial charge in [0.2, 0.25) is 0 Å². The second kappa shape index (κ2) is 8.10. The van der Waals surface area contributed by atoms with E-state index in [1.165, 1.54) is 18.5 Å². The van der Waals surface area contributed by atoms with Crippen molar-refractivity contribution in [2.24, 2.45) is 0 Å². The maximum atomic E-state index is 14.6. The largest absolute Gasteiger partial charge is 0.573 e. The topological polar surface area (TPSA) is 73.3 Å². The van der Waals surface area contributed by atoms with Crippen molar-refractivity contribution in [3.05, 3.63) is 83.2 Å². The van der Waals surface area contributed by atoms with Gasteiger partial charge in [-0.25, -0.2) is 4.39 Å². The smallest absolute Gasteiger partial charge is 0.491 e. The summed E-state index contributed by atoms with van der Waals surface area (Å²) in [6.45, 7) is 1.96. The third kappa shape index (κ3) is 4.20. The third-order valence-electron chi connectivity index (χ3n) is 5.03. The molecule has 4 rings (SSSR count). The van der Waals surface area contributed by atoms with Crippen molar-refractivity contribution in [3.63, 3.8) is 0 Å². The predicted molar refractivity (Wildman–Crippen MR) is 105 cm³/mol. The van der Waals surface area contributed by atoms with E-state index >= 15 is 0 Å². The number of nitrogens with zero attached hydrogens (tertiary/aromatic N) is 2. The highest BCUT2D eigenvalue weighted by Gasteiger charge is 2.43. The highest BCUT2D eigenvalue weighted by atomic mass is 19.4. The van der Waals surface area contributed by atoms with E-state index in [9.17, 15) is 22.4 Å². The maximum absolute atomic E-state index is 14.6. The number of pyridine rings is 2. The number of hydrogen-bond donors (Lipinski definition) is 1. The van der Waals surface area contributed by atoms with Gasteiger partial charge in [0.25, 0.3) is 5.91 Å². The molecule has 1 amide bonds. The molecule has 1 N–H and O–H groups in total. The molecular formula is C22H17F4N3O3. The van der Waals surface area contributed by atoms with Crippen molar-refractivity contribution in [3.8, 4) is 11.5 Å². The van der Waals surface area contributed by atoms with Gasteiger partial charge in [-0.3, -0.25) is 14.8 Å². The molecule has 10 heteroatoms. The molecule has 0 bridgehead atoms. The lowest BCUT2D eigenvalue weighted by Gasteiger charge is -2.39. The lowest BCUT2D eigenvalue weighted by molar-refractivity contribution is -0.275. The number of aromatic nitrogens is 2. The lowest BCUT2D eigenvalue weighted by atomic mass is 9.81. The maximum Gasteiger partial charge on any atom is 0.573 e. The number of fused-ring (bicyclic) bond motifs is 1. The predicted octanol–water partition coefficient (Wildman–Crippen LogP) is 4.28. The van der Waals surface area contributed by atoms with E-state index in [1.54, 1.807) is 31.2 Å². The number of carbonyl (C=O) groups is 1. The molecule has 3 heterocycles. The van der Waals surface area contributed by atoms with E-state index < -0.39 is 29.4 Å². The van der Waals surface area contributed by atoms with E-state index in [1.807, 2.05) is 0 Å². The molecule has 166 valence electrons. The summed E-state index contributed by atoms with van der Waals surface area (Å²) in [6, 6.07) is 9.63. The Bertz CT molecular complexity index is 1170. The third-order valence-corrected chi connectivity index (χ3v) is 5.03. The number of nitrogens with one attached hydrogen (secondary N) is 1. The van der Waals surface area contributed by atoms with Gasteiger partial charge in [-0.1, -0.05) is 6.07 Å². The molecule has 6 nitrogen and oxygen atoms in total. The standard InChI is InChI=1S/C22H17F4N3O3/c1-13-6-9-27-16(11-13)20(30)29-21(7-10-31-18-3-2-8-28-19(18)21)14-4-5-17(15(23)12-14)32-22(24,25)26/h2-6,8-9,11-12H,7,10H2,1H3,(H,29,30). The van der Waals surface area contributed by atoms with Crippen LogP contribution in [0.4, 0.5) is 17.6 Å². The van der Waals surface area contributed by atoms with Gasteiger partial charge in [0.1, 0.15) is 22.7 Å². The van der Waals surface area contributed by atoms with Crippen LogP contribution in [0.2, 0.25) is 0 Å². The fourth-order valence-electron chi connectivity index (χ4n) is 3.63. The number of ether oxygens (including phenoxy) is 2. The van der Waals surface area contributed by atoms with Gasteiger partial charge in [0, 0.05) is 18.8 Å². The Morgan fingerprint density at radius 3 is 2.69 bits per heavy atom. The fourth-order valence-corrected chi connectivity index (χ4v) is 3.63. The molecule has 1 unspecified atom stereocenters. The van der Waals surface area contributed by atoms with Crippen LogP contribution in [0.1, 0.15) is 33.7 Å². The molecule has 0 spiro atoms. The molecule has 1 aliphatic rings. The molecule has 1 atom stereocenters. The first-order valence-corrected chi connectivity index (χ1v) is 9.57. The summed E-state index contributed by atoms with van der Waals surface area (Å²) in [5.41, 5.74) is 0.0646. The number of alkyl halides is 3.